The summed E-state index contributed by atoms with van der Waals surface area (Å²) in [6.07, 6.45) is -0.417. The maximum absolute atomic E-state index is 6.80. The van der Waals surface area contributed by atoms with Crippen molar-refractivity contribution in [3.05, 3.63) is 77.3 Å². The zero-order valence-electron chi connectivity index (χ0n) is 25.4. The van der Waals surface area contributed by atoms with Crippen molar-refractivity contribution < 1.29 is 23.4 Å². The van der Waals surface area contributed by atoms with E-state index >= 15 is 0 Å². The molecule has 9 heteroatoms. The molecule has 6 nitrogen and oxygen atoms in total. The van der Waals surface area contributed by atoms with E-state index in [9.17, 15) is 0 Å². The highest BCUT2D eigenvalue weighted by atomic mass is 35.5. The molecule has 0 aliphatic carbocycles. The first-order chi connectivity index (χ1) is 19.7. The van der Waals surface area contributed by atoms with Gasteiger partial charge in [-0.3, -0.25) is 0 Å². The largest absolute Gasteiger partial charge is 0.494 e. The maximum Gasteiger partial charge on any atom is 0.494 e. The minimum Gasteiger partial charge on any atom is -0.465 e. The third kappa shape index (κ3) is 4.26. The van der Waals surface area contributed by atoms with Gasteiger partial charge in [0.05, 0.1) is 33.6 Å². The van der Waals surface area contributed by atoms with Gasteiger partial charge >= 0.3 is 14.2 Å². The van der Waals surface area contributed by atoms with Gasteiger partial charge in [0.25, 0.3) is 0 Å². The van der Waals surface area contributed by atoms with Gasteiger partial charge in [-0.25, -0.2) is 0 Å². The molecule has 0 bridgehead atoms. The highest BCUT2D eigenvalue weighted by Gasteiger charge is 2.53. The zero-order valence-corrected chi connectivity index (χ0v) is 26.2. The predicted molar refractivity (Wildman–Crippen MR) is 169 cm³/mol. The van der Waals surface area contributed by atoms with Crippen molar-refractivity contribution in [2.45, 2.75) is 84.0 Å². The number of halogens is 1. The molecule has 4 heterocycles. The van der Waals surface area contributed by atoms with E-state index in [1.807, 2.05) is 30.3 Å². The Bertz CT molecular complexity index is 1700. The number of rotatable bonds is 3. The van der Waals surface area contributed by atoms with Crippen molar-refractivity contribution in [3.63, 3.8) is 0 Å². The molecule has 1 atom stereocenters. The van der Waals surface area contributed by atoms with Gasteiger partial charge in [-0.1, -0.05) is 41.9 Å². The molecule has 216 valence electrons. The molecule has 3 aromatic carbocycles. The van der Waals surface area contributed by atoms with E-state index in [1.54, 1.807) is 0 Å². The van der Waals surface area contributed by atoms with Gasteiger partial charge in [-0.15, -0.1) is 0 Å². The standard InChI is InChI=1S/C33H36B2ClNO5/c1-30(2)31(3,4)40-34(39-30)22-13-15-26-21(16-22)18-27-25-14-12-23(35-41-32(5,6)33(7,8)42-35)19-28(25)38-29(37(26)27)20-10-9-11-24(36)17-20/h9-19,29H,1-8H3. The molecule has 0 N–H and O–H groups in total. The molecule has 1 unspecified atom stereocenters. The van der Waals surface area contributed by atoms with Gasteiger partial charge in [0.2, 0.25) is 6.23 Å². The lowest BCUT2D eigenvalue weighted by molar-refractivity contribution is 0.00578. The van der Waals surface area contributed by atoms with Gasteiger partial charge in [0.1, 0.15) is 5.75 Å². The van der Waals surface area contributed by atoms with Crippen molar-refractivity contribution in [1.29, 1.82) is 0 Å². The number of aromatic nitrogens is 1. The Morgan fingerprint density at radius 2 is 1.24 bits per heavy atom. The molecule has 3 aliphatic rings. The Hall–Kier alpha value is -2.74. The number of hydrogen-bond acceptors (Lipinski definition) is 5. The lowest BCUT2D eigenvalue weighted by Gasteiger charge is -2.32. The normalized spacial score (nSPS) is 23.1. The van der Waals surface area contributed by atoms with Crippen LogP contribution >= 0.6 is 11.6 Å². The minimum absolute atomic E-state index is 0.411. The van der Waals surface area contributed by atoms with E-state index in [0.29, 0.717) is 5.02 Å². The van der Waals surface area contributed by atoms with Crippen LogP contribution in [0.1, 0.15) is 67.2 Å². The van der Waals surface area contributed by atoms with E-state index in [2.05, 4.69) is 96.4 Å². The minimum atomic E-state index is -0.483. The smallest absolute Gasteiger partial charge is 0.465 e. The van der Waals surface area contributed by atoms with Crippen molar-refractivity contribution in [3.8, 4) is 17.0 Å². The summed E-state index contributed by atoms with van der Waals surface area (Å²) in [6, 6.07) is 22.7. The van der Waals surface area contributed by atoms with Crippen molar-refractivity contribution in [2.75, 3.05) is 0 Å². The van der Waals surface area contributed by atoms with Crippen LogP contribution in [0, 0.1) is 0 Å². The molecule has 0 radical (unpaired) electrons. The van der Waals surface area contributed by atoms with Crippen LogP contribution < -0.4 is 15.7 Å². The molecule has 0 amide bonds. The molecule has 0 spiro atoms. The maximum atomic E-state index is 6.80. The van der Waals surface area contributed by atoms with Crippen molar-refractivity contribution >= 4 is 47.7 Å². The van der Waals surface area contributed by atoms with Crippen LogP contribution in [0.4, 0.5) is 0 Å². The second kappa shape index (κ2) is 9.13. The summed E-state index contributed by atoms with van der Waals surface area (Å²) in [5.74, 6) is 0.772. The van der Waals surface area contributed by atoms with Gasteiger partial charge in [0.15, 0.2) is 0 Å². The van der Waals surface area contributed by atoms with Gasteiger partial charge < -0.3 is 27.9 Å². The lowest BCUT2D eigenvalue weighted by Crippen LogP contribution is -2.41. The summed E-state index contributed by atoms with van der Waals surface area (Å²) in [7, 11) is -0.921. The molecule has 2 saturated heterocycles. The molecular weight excluding hydrogens is 547 g/mol. The highest BCUT2D eigenvalue weighted by Crippen LogP contribution is 2.45. The van der Waals surface area contributed by atoms with Crippen LogP contribution in [0.5, 0.6) is 5.75 Å². The van der Waals surface area contributed by atoms with E-state index in [-0.39, 0.29) is 0 Å². The first-order valence-electron chi connectivity index (χ1n) is 14.6. The van der Waals surface area contributed by atoms with Crippen molar-refractivity contribution in [2.24, 2.45) is 0 Å². The Labute approximate surface area is 253 Å². The number of ether oxygens (including phenoxy) is 1. The van der Waals surface area contributed by atoms with Gasteiger partial charge in [-0.05, 0) is 103 Å². The van der Waals surface area contributed by atoms with E-state index in [1.165, 1.54) is 0 Å². The highest BCUT2D eigenvalue weighted by molar-refractivity contribution is 6.62. The molecular formula is C33H36B2ClNO5. The Balaban J connectivity index is 1.34. The van der Waals surface area contributed by atoms with Crippen LogP contribution in [0.2, 0.25) is 5.02 Å². The van der Waals surface area contributed by atoms with E-state index < -0.39 is 42.9 Å². The topological polar surface area (TPSA) is 51.1 Å². The first kappa shape index (κ1) is 28.1. The van der Waals surface area contributed by atoms with E-state index in [4.69, 9.17) is 35.0 Å². The number of benzene rings is 3. The van der Waals surface area contributed by atoms with Crippen LogP contribution in [0.3, 0.4) is 0 Å². The van der Waals surface area contributed by atoms with Crippen LogP contribution in [-0.2, 0) is 18.6 Å². The zero-order chi connectivity index (χ0) is 29.8. The second-order valence-corrected chi connectivity index (χ2v) is 14.1. The lowest BCUT2D eigenvalue weighted by atomic mass is 9.78. The average molecular weight is 584 g/mol. The molecule has 3 aliphatic heterocycles. The molecule has 2 fully saturated rings. The molecule has 4 aromatic rings. The first-order valence-corrected chi connectivity index (χ1v) is 15.0. The third-order valence-electron chi connectivity index (χ3n) is 9.80. The van der Waals surface area contributed by atoms with E-state index in [0.717, 1.165) is 44.4 Å². The summed E-state index contributed by atoms with van der Waals surface area (Å²) < 4.78 is 34.5. The Morgan fingerprint density at radius 3 is 1.83 bits per heavy atom. The summed E-state index contributed by atoms with van der Waals surface area (Å²) in [5, 5.41) is 1.74. The Kier molecular flexibility index (Phi) is 6.10. The fourth-order valence-electron chi connectivity index (χ4n) is 5.86. The molecule has 1 aromatic heterocycles. The van der Waals surface area contributed by atoms with Crippen LogP contribution in [0.15, 0.2) is 66.7 Å². The second-order valence-electron chi connectivity index (χ2n) is 13.7. The SMILES string of the molecule is CC1(C)OB(c2ccc3c(c2)OC(c2cccc(Cl)c2)n2c-3cc3cc(B4OC(C)(C)C(C)(C)O4)ccc32)OC1(C)C. The van der Waals surface area contributed by atoms with Crippen LogP contribution in [0.25, 0.3) is 22.2 Å². The quantitative estimate of drug-likeness (QED) is 0.258. The molecule has 7 rings (SSSR count). The number of hydrogen-bond donors (Lipinski definition) is 0. The fourth-order valence-corrected chi connectivity index (χ4v) is 6.06. The fraction of sp³-hybridized carbons (Fsp3) is 0.394. The monoisotopic (exact) mass is 583 g/mol. The summed E-state index contributed by atoms with van der Waals surface area (Å²) in [5.41, 5.74) is 4.30. The molecule has 0 saturated carbocycles. The summed E-state index contributed by atoms with van der Waals surface area (Å²) >= 11 is 6.46. The van der Waals surface area contributed by atoms with Crippen LogP contribution in [-0.4, -0.2) is 41.2 Å². The van der Waals surface area contributed by atoms with Crippen molar-refractivity contribution in [1.82, 2.24) is 4.57 Å². The summed E-state index contributed by atoms with van der Waals surface area (Å²) in [4.78, 5) is 0. The number of fused-ring (bicyclic) bond motifs is 5. The molecule has 42 heavy (non-hydrogen) atoms. The predicted octanol–water partition coefficient (Wildman–Crippen LogP) is 6.50. The van der Waals surface area contributed by atoms with Gasteiger partial charge in [-0.2, -0.15) is 0 Å². The summed E-state index contributed by atoms with van der Waals surface area (Å²) in [6.45, 7) is 16.5. The number of nitrogens with zero attached hydrogens (tertiary/aromatic N) is 1. The van der Waals surface area contributed by atoms with Gasteiger partial charge in [0, 0.05) is 21.5 Å². The third-order valence-corrected chi connectivity index (χ3v) is 10.0. The Morgan fingerprint density at radius 1 is 0.667 bits per heavy atom. The average Bonchev–Trinajstić information content (AvgIpc) is 3.47.